The van der Waals surface area contributed by atoms with E-state index >= 15 is 0 Å². The number of pyridine rings is 1. The van der Waals surface area contributed by atoms with Crippen LogP contribution in [0.4, 0.5) is 17.6 Å². The molecule has 1 amide bonds. The number of benzene rings is 1. The first-order valence-electron chi connectivity index (χ1n) is 5.59. The number of hydrogen-bond acceptors (Lipinski definition) is 3. The zero-order valence-corrected chi connectivity index (χ0v) is 10.3. The average Bonchev–Trinajstić information content (AvgIpc) is 2.40. The van der Waals surface area contributed by atoms with Crippen LogP contribution in [0.15, 0.2) is 36.5 Å². The molecule has 0 saturated heterocycles. The molecule has 0 spiro atoms. The molecule has 4 nitrogen and oxygen atoms in total. The SMILES string of the molecule is NC(=O)c1cccc(Oc2ncccc2C(F)(F)F)c1F. The summed E-state index contributed by atoms with van der Waals surface area (Å²) in [6.45, 7) is 0. The molecule has 2 N–H and O–H groups in total. The van der Waals surface area contributed by atoms with E-state index in [9.17, 15) is 22.4 Å². The minimum absolute atomic E-state index is 0.489. The second-order valence-electron chi connectivity index (χ2n) is 3.94. The average molecular weight is 300 g/mol. The fourth-order valence-electron chi connectivity index (χ4n) is 1.57. The lowest BCUT2D eigenvalue weighted by Gasteiger charge is -2.13. The summed E-state index contributed by atoms with van der Waals surface area (Å²) in [6.07, 6.45) is -3.64. The fraction of sp³-hybridized carbons (Fsp3) is 0.0769. The number of amides is 1. The van der Waals surface area contributed by atoms with Crippen LogP contribution in [0.5, 0.6) is 11.6 Å². The molecule has 0 saturated carbocycles. The number of rotatable bonds is 3. The van der Waals surface area contributed by atoms with Crippen LogP contribution in [-0.2, 0) is 6.18 Å². The number of ether oxygens (including phenoxy) is 1. The van der Waals surface area contributed by atoms with E-state index in [1.165, 1.54) is 6.07 Å². The van der Waals surface area contributed by atoms with Crippen LogP contribution < -0.4 is 10.5 Å². The first-order valence-corrected chi connectivity index (χ1v) is 5.59. The highest BCUT2D eigenvalue weighted by Crippen LogP contribution is 2.37. The summed E-state index contributed by atoms with van der Waals surface area (Å²) in [7, 11) is 0. The number of alkyl halides is 3. The molecule has 21 heavy (non-hydrogen) atoms. The van der Waals surface area contributed by atoms with E-state index in [-0.39, 0.29) is 0 Å². The quantitative estimate of drug-likeness (QED) is 0.886. The van der Waals surface area contributed by atoms with Gasteiger partial charge in [0.25, 0.3) is 5.91 Å². The van der Waals surface area contributed by atoms with Crippen LogP contribution in [0.25, 0.3) is 0 Å². The van der Waals surface area contributed by atoms with E-state index in [0.717, 1.165) is 30.5 Å². The van der Waals surface area contributed by atoms with E-state index in [2.05, 4.69) is 4.98 Å². The molecule has 0 fully saturated rings. The highest BCUT2D eigenvalue weighted by atomic mass is 19.4. The summed E-state index contributed by atoms with van der Waals surface area (Å²) in [5.41, 5.74) is 3.30. The van der Waals surface area contributed by atoms with Crippen molar-refractivity contribution in [1.29, 1.82) is 0 Å². The Balaban J connectivity index is 2.45. The summed E-state index contributed by atoms with van der Waals surface area (Å²) in [4.78, 5) is 14.4. The van der Waals surface area contributed by atoms with Crippen LogP contribution in [0.3, 0.4) is 0 Å². The smallest absolute Gasteiger partial charge is 0.421 e. The maximum atomic E-state index is 13.9. The van der Waals surface area contributed by atoms with E-state index in [0.29, 0.717) is 0 Å². The van der Waals surface area contributed by atoms with Crippen molar-refractivity contribution in [2.75, 3.05) is 0 Å². The van der Waals surface area contributed by atoms with Crippen molar-refractivity contribution in [3.05, 3.63) is 53.5 Å². The highest BCUT2D eigenvalue weighted by Gasteiger charge is 2.35. The number of halogens is 4. The second-order valence-corrected chi connectivity index (χ2v) is 3.94. The minimum Gasteiger partial charge on any atom is -0.435 e. The van der Waals surface area contributed by atoms with Gasteiger partial charge in [0, 0.05) is 6.20 Å². The third kappa shape index (κ3) is 3.10. The molecule has 0 aliphatic rings. The summed E-state index contributed by atoms with van der Waals surface area (Å²) < 4.78 is 57.1. The lowest BCUT2D eigenvalue weighted by Crippen LogP contribution is -2.14. The van der Waals surface area contributed by atoms with Gasteiger partial charge in [0.2, 0.25) is 5.88 Å². The topological polar surface area (TPSA) is 65.2 Å². The number of carbonyl (C=O) groups excluding carboxylic acids is 1. The molecule has 0 atom stereocenters. The molecule has 0 aliphatic carbocycles. The number of nitrogens with zero attached hydrogens (tertiary/aromatic N) is 1. The lowest BCUT2D eigenvalue weighted by molar-refractivity contribution is -0.138. The summed E-state index contributed by atoms with van der Waals surface area (Å²) >= 11 is 0. The van der Waals surface area contributed by atoms with Gasteiger partial charge >= 0.3 is 6.18 Å². The van der Waals surface area contributed by atoms with Crippen molar-refractivity contribution in [2.24, 2.45) is 5.73 Å². The molecule has 0 radical (unpaired) electrons. The standard InChI is InChI=1S/C13H8F4N2O2/c14-10-7(11(18)20)3-1-5-9(10)21-12-8(13(15,16)17)4-2-6-19-12/h1-6H,(H2,18,20). The maximum Gasteiger partial charge on any atom is 0.421 e. The predicted molar refractivity (Wildman–Crippen MR) is 64.2 cm³/mol. The Hall–Kier alpha value is -2.64. The van der Waals surface area contributed by atoms with Crippen LogP contribution in [-0.4, -0.2) is 10.9 Å². The molecule has 110 valence electrons. The van der Waals surface area contributed by atoms with Crippen LogP contribution >= 0.6 is 0 Å². The van der Waals surface area contributed by atoms with E-state index < -0.39 is 40.7 Å². The largest absolute Gasteiger partial charge is 0.435 e. The maximum absolute atomic E-state index is 13.9. The Morgan fingerprint density at radius 1 is 1.19 bits per heavy atom. The van der Waals surface area contributed by atoms with Crippen LogP contribution in [0.2, 0.25) is 0 Å². The Labute approximate surface area is 116 Å². The van der Waals surface area contributed by atoms with E-state index in [1.807, 2.05) is 0 Å². The molecule has 0 aliphatic heterocycles. The molecular weight excluding hydrogens is 292 g/mol. The van der Waals surface area contributed by atoms with Gasteiger partial charge in [-0.25, -0.2) is 9.37 Å². The predicted octanol–water partition coefficient (Wildman–Crippen LogP) is 3.13. The number of nitrogens with two attached hydrogens (primary N) is 1. The van der Waals surface area contributed by atoms with Crippen molar-refractivity contribution in [3.63, 3.8) is 0 Å². The fourth-order valence-corrected chi connectivity index (χ4v) is 1.57. The zero-order valence-electron chi connectivity index (χ0n) is 10.3. The summed E-state index contributed by atoms with van der Waals surface area (Å²) in [6, 6.07) is 5.21. The summed E-state index contributed by atoms with van der Waals surface area (Å²) in [5.74, 6) is -3.60. The van der Waals surface area contributed by atoms with Gasteiger partial charge in [0.1, 0.15) is 5.56 Å². The first-order chi connectivity index (χ1) is 9.80. The van der Waals surface area contributed by atoms with Gasteiger partial charge in [-0.1, -0.05) is 6.07 Å². The molecule has 0 unspecified atom stereocenters. The van der Waals surface area contributed by atoms with E-state index in [4.69, 9.17) is 10.5 Å². The molecule has 1 heterocycles. The number of primary amides is 1. The first kappa shape index (κ1) is 14.8. The highest BCUT2D eigenvalue weighted by molar-refractivity contribution is 5.93. The number of aromatic nitrogens is 1. The molecule has 2 aromatic rings. The molecule has 0 bridgehead atoms. The molecule has 1 aromatic carbocycles. The normalized spacial score (nSPS) is 11.2. The molecule has 1 aromatic heterocycles. The number of carbonyl (C=O) groups is 1. The lowest BCUT2D eigenvalue weighted by atomic mass is 10.2. The van der Waals surface area contributed by atoms with Crippen LogP contribution in [0.1, 0.15) is 15.9 Å². The van der Waals surface area contributed by atoms with Gasteiger partial charge in [-0.05, 0) is 24.3 Å². The van der Waals surface area contributed by atoms with Crippen molar-refractivity contribution >= 4 is 5.91 Å². The van der Waals surface area contributed by atoms with Gasteiger partial charge in [0.05, 0.1) is 5.56 Å². The van der Waals surface area contributed by atoms with Crippen LogP contribution in [0, 0.1) is 5.82 Å². The van der Waals surface area contributed by atoms with Gasteiger partial charge in [-0.15, -0.1) is 0 Å². The van der Waals surface area contributed by atoms with Gasteiger partial charge in [-0.3, -0.25) is 4.79 Å². The van der Waals surface area contributed by atoms with Gasteiger partial charge < -0.3 is 10.5 Å². The van der Waals surface area contributed by atoms with Crippen molar-refractivity contribution in [1.82, 2.24) is 4.98 Å². The molecule has 2 rings (SSSR count). The van der Waals surface area contributed by atoms with Crippen molar-refractivity contribution in [3.8, 4) is 11.6 Å². The van der Waals surface area contributed by atoms with E-state index in [1.54, 1.807) is 0 Å². The Morgan fingerprint density at radius 3 is 2.52 bits per heavy atom. The molecule has 8 heteroatoms. The minimum atomic E-state index is -4.71. The monoisotopic (exact) mass is 300 g/mol. The van der Waals surface area contributed by atoms with Gasteiger partial charge in [-0.2, -0.15) is 13.2 Å². The number of hydrogen-bond donors (Lipinski definition) is 1. The third-order valence-electron chi connectivity index (χ3n) is 2.51. The molecular formula is C13H8F4N2O2. The van der Waals surface area contributed by atoms with Crippen molar-refractivity contribution in [2.45, 2.75) is 6.18 Å². The van der Waals surface area contributed by atoms with Gasteiger partial charge in [0.15, 0.2) is 11.6 Å². The Morgan fingerprint density at radius 2 is 1.90 bits per heavy atom. The summed E-state index contributed by atoms with van der Waals surface area (Å²) in [5, 5.41) is 0. The second kappa shape index (κ2) is 5.39. The van der Waals surface area contributed by atoms with Crippen molar-refractivity contribution < 1.29 is 27.1 Å². The zero-order chi connectivity index (χ0) is 15.6. The third-order valence-corrected chi connectivity index (χ3v) is 2.51. The Bertz CT molecular complexity index is 686. The Kier molecular flexibility index (Phi) is 3.79.